The van der Waals surface area contributed by atoms with Gasteiger partial charge >= 0.3 is 0 Å². The third-order valence-electron chi connectivity index (χ3n) is 5.82. The van der Waals surface area contributed by atoms with Gasteiger partial charge in [0, 0.05) is 11.1 Å². The Labute approximate surface area is 186 Å². The van der Waals surface area contributed by atoms with E-state index in [1.807, 2.05) is 12.1 Å². The molecule has 0 saturated heterocycles. The summed E-state index contributed by atoms with van der Waals surface area (Å²) in [5.74, 6) is 0. The summed E-state index contributed by atoms with van der Waals surface area (Å²) in [6.07, 6.45) is 8.24. The van der Waals surface area contributed by atoms with Gasteiger partial charge in [0.1, 0.15) is 12.1 Å². The first-order chi connectivity index (χ1) is 15.2. The zero-order valence-corrected chi connectivity index (χ0v) is 18.6. The minimum Gasteiger partial charge on any atom is -0.192 e. The van der Waals surface area contributed by atoms with Crippen molar-refractivity contribution in [3.8, 4) is 34.4 Å². The molecule has 0 aliphatic carbocycles. The molecular weight excluding hydrogens is 376 g/mol. The molecular formula is C29H30N2. The maximum atomic E-state index is 9.90. The molecule has 0 aromatic heterocycles. The number of nitrogens with zero attached hydrogens (tertiary/aromatic N) is 2. The molecule has 3 aromatic carbocycles. The highest BCUT2D eigenvalue weighted by Gasteiger charge is 2.16. The van der Waals surface area contributed by atoms with Gasteiger partial charge in [0.05, 0.1) is 11.1 Å². The molecule has 31 heavy (non-hydrogen) atoms. The third kappa shape index (κ3) is 5.42. The molecule has 0 fully saturated rings. The first kappa shape index (κ1) is 22.3. The van der Waals surface area contributed by atoms with Gasteiger partial charge in [-0.3, -0.25) is 0 Å². The van der Waals surface area contributed by atoms with Crippen molar-refractivity contribution < 1.29 is 0 Å². The van der Waals surface area contributed by atoms with Crippen LogP contribution in [0.2, 0.25) is 0 Å². The van der Waals surface area contributed by atoms with Crippen molar-refractivity contribution in [1.82, 2.24) is 0 Å². The summed E-state index contributed by atoms with van der Waals surface area (Å²) in [7, 11) is 0. The smallest absolute Gasteiger partial charge is 0.101 e. The monoisotopic (exact) mass is 406 g/mol. The molecule has 3 aromatic rings. The molecule has 2 nitrogen and oxygen atoms in total. The van der Waals surface area contributed by atoms with Crippen LogP contribution in [-0.2, 0) is 12.8 Å². The maximum absolute atomic E-state index is 9.90. The predicted octanol–water partition coefficient (Wildman–Crippen LogP) is 7.84. The molecule has 0 atom stereocenters. The van der Waals surface area contributed by atoms with Crippen LogP contribution in [0.3, 0.4) is 0 Å². The average molecular weight is 407 g/mol. The van der Waals surface area contributed by atoms with Crippen LogP contribution in [0.15, 0.2) is 60.7 Å². The summed E-state index contributed by atoms with van der Waals surface area (Å²) < 4.78 is 0. The first-order valence-electron chi connectivity index (χ1n) is 11.4. The van der Waals surface area contributed by atoms with Gasteiger partial charge in [-0.05, 0) is 41.5 Å². The Kier molecular flexibility index (Phi) is 8.03. The van der Waals surface area contributed by atoms with Crippen LogP contribution < -0.4 is 0 Å². The van der Waals surface area contributed by atoms with E-state index in [2.05, 4.69) is 74.5 Å². The topological polar surface area (TPSA) is 47.6 Å². The van der Waals surface area contributed by atoms with Gasteiger partial charge < -0.3 is 0 Å². The van der Waals surface area contributed by atoms with Gasteiger partial charge in [-0.1, -0.05) is 100 Å². The largest absolute Gasteiger partial charge is 0.192 e. The van der Waals surface area contributed by atoms with Crippen LogP contribution in [0, 0.1) is 22.7 Å². The molecule has 3 rings (SSSR count). The minimum atomic E-state index is 0.451. The van der Waals surface area contributed by atoms with Crippen LogP contribution in [-0.4, -0.2) is 0 Å². The molecule has 0 unspecified atom stereocenters. The number of hydrogen-bond acceptors (Lipinski definition) is 2. The summed E-state index contributed by atoms with van der Waals surface area (Å²) in [6, 6.07) is 25.3. The number of benzene rings is 3. The fraction of sp³-hybridized carbons (Fsp3) is 0.310. The second-order valence-corrected chi connectivity index (χ2v) is 8.09. The van der Waals surface area contributed by atoms with E-state index < -0.39 is 0 Å². The highest BCUT2D eigenvalue weighted by atomic mass is 14.3. The lowest BCUT2D eigenvalue weighted by Crippen LogP contribution is -1.95. The van der Waals surface area contributed by atoms with Gasteiger partial charge in [-0.25, -0.2) is 0 Å². The van der Waals surface area contributed by atoms with Crippen LogP contribution in [0.1, 0.15) is 68.2 Å². The van der Waals surface area contributed by atoms with Crippen molar-refractivity contribution in [2.45, 2.75) is 58.8 Å². The lowest BCUT2D eigenvalue weighted by Gasteiger charge is -2.12. The van der Waals surface area contributed by atoms with Crippen LogP contribution >= 0.6 is 0 Å². The number of nitriles is 2. The highest BCUT2D eigenvalue weighted by Crippen LogP contribution is 2.33. The van der Waals surface area contributed by atoms with Crippen molar-refractivity contribution >= 4 is 0 Å². The van der Waals surface area contributed by atoms with Gasteiger partial charge in [0.15, 0.2) is 0 Å². The molecule has 156 valence electrons. The normalized spacial score (nSPS) is 10.5. The second-order valence-electron chi connectivity index (χ2n) is 8.09. The lowest BCUT2D eigenvalue weighted by atomic mass is 9.89. The third-order valence-corrected chi connectivity index (χ3v) is 5.82. The maximum Gasteiger partial charge on any atom is 0.101 e. The SMILES string of the molecule is CCCCCCc1ccc(-c2ccc(-c3ccc(CCC)cc3)c(C#N)c2C#N)cc1. The summed E-state index contributed by atoms with van der Waals surface area (Å²) in [4.78, 5) is 0. The number of hydrogen-bond donors (Lipinski definition) is 0. The fourth-order valence-electron chi connectivity index (χ4n) is 4.06. The van der Waals surface area contributed by atoms with Crippen molar-refractivity contribution in [3.63, 3.8) is 0 Å². The minimum absolute atomic E-state index is 0.451. The Morgan fingerprint density at radius 1 is 0.548 bits per heavy atom. The Morgan fingerprint density at radius 2 is 1.03 bits per heavy atom. The summed E-state index contributed by atoms with van der Waals surface area (Å²) in [5, 5.41) is 19.8. The van der Waals surface area contributed by atoms with Crippen LogP contribution in [0.4, 0.5) is 0 Å². The van der Waals surface area contributed by atoms with Gasteiger partial charge in [0.2, 0.25) is 0 Å². The lowest BCUT2D eigenvalue weighted by molar-refractivity contribution is 0.667. The Morgan fingerprint density at radius 3 is 1.45 bits per heavy atom. The molecule has 0 radical (unpaired) electrons. The van der Waals surface area contributed by atoms with Gasteiger partial charge in [-0.2, -0.15) is 10.5 Å². The summed E-state index contributed by atoms with van der Waals surface area (Å²) in [5.41, 5.74) is 7.11. The predicted molar refractivity (Wildman–Crippen MR) is 129 cm³/mol. The summed E-state index contributed by atoms with van der Waals surface area (Å²) >= 11 is 0. The van der Waals surface area contributed by atoms with E-state index in [4.69, 9.17) is 0 Å². The molecule has 0 aliphatic rings. The average Bonchev–Trinajstić information content (AvgIpc) is 2.82. The Hall–Kier alpha value is -3.36. The van der Waals surface area contributed by atoms with Gasteiger partial charge in [0.25, 0.3) is 0 Å². The van der Waals surface area contributed by atoms with E-state index in [9.17, 15) is 10.5 Å². The highest BCUT2D eigenvalue weighted by molar-refractivity contribution is 5.82. The zero-order valence-electron chi connectivity index (χ0n) is 18.6. The van der Waals surface area contributed by atoms with E-state index in [0.717, 1.165) is 41.5 Å². The quantitative estimate of drug-likeness (QED) is 0.340. The number of aryl methyl sites for hydroxylation is 2. The van der Waals surface area contributed by atoms with E-state index in [-0.39, 0.29) is 0 Å². The number of unbranched alkanes of at least 4 members (excludes halogenated alkanes) is 3. The molecule has 0 N–H and O–H groups in total. The van der Waals surface area contributed by atoms with Crippen molar-refractivity contribution in [2.24, 2.45) is 0 Å². The van der Waals surface area contributed by atoms with Crippen LogP contribution in [0.25, 0.3) is 22.3 Å². The second kappa shape index (κ2) is 11.1. The van der Waals surface area contributed by atoms with E-state index >= 15 is 0 Å². The molecule has 0 saturated carbocycles. The van der Waals surface area contributed by atoms with Crippen LogP contribution in [0.5, 0.6) is 0 Å². The van der Waals surface area contributed by atoms with E-state index in [1.165, 1.54) is 36.8 Å². The van der Waals surface area contributed by atoms with Crippen molar-refractivity contribution in [2.75, 3.05) is 0 Å². The molecule has 0 aliphatic heterocycles. The fourth-order valence-corrected chi connectivity index (χ4v) is 4.06. The molecule has 2 heteroatoms. The number of rotatable bonds is 9. The Bertz CT molecular complexity index is 1080. The van der Waals surface area contributed by atoms with E-state index in [1.54, 1.807) is 0 Å². The molecule has 0 bridgehead atoms. The Balaban J connectivity index is 1.91. The molecule has 0 amide bonds. The van der Waals surface area contributed by atoms with Crippen molar-refractivity contribution in [3.05, 3.63) is 82.9 Å². The zero-order chi connectivity index (χ0) is 22.1. The summed E-state index contributed by atoms with van der Waals surface area (Å²) in [6.45, 7) is 4.39. The molecule has 0 spiro atoms. The van der Waals surface area contributed by atoms with E-state index in [0.29, 0.717) is 11.1 Å². The standard InChI is InChI=1S/C29H30N2/c1-3-5-6-7-9-23-12-16-25(17-13-23)27-19-18-26(28(20-30)29(27)21-31)24-14-10-22(8-4-2)11-15-24/h10-19H,3-9H2,1-2H3. The molecule has 0 heterocycles. The van der Waals surface area contributed by atoms with Crippen molar-refractivity contribution in [1.29, 1.82) is 10.5 Å². The van der Waals surface area contributed by atoms with Gasteiger partial charge in [-0.15, -0.1) is 0 Å². The first-order valence-corrected chi connectivity index (χ1v) is 11.4.